The van der Waals surface area contributed by atoms with Crippen molar-refractivity contribution >= 4 is 22.7 Å². The molecule has 0 saturated carbocycles. The fourth-order valence-electron chi connectivity index (χ4n) is 4.09. The number of pyridine rings is 1. The summed E-state index contributed by atoms with van der Waals surface area (Å²) in [5.41, 5.74) is 1.48. The zero-order valence-electron chi connectivity index (χ0n) is 18.2. The second-order valence-corrected chi connectivity index (χ2v) is 8.01. The number of carbonyl (C=O) groups is 1. The van der Waals surface area contributed by atoms with Crippen molar-refractivity contribution in [3.63, 3.8) is 0 Å². The molecule has 6 nitrogen and oxygen atoms in total. The molecular formula is C26H21FN2O4. The molecule has 166 valence electrons. The Bertz CT molecular complexity index is 1430. The predicted molar refractivity (Wildman–Crippen MR) is 122 cm³/mol. The Balaban J connectivity index is 1.76. The lowest BCUT2D eigenvalue weighted by molar-refractivity contribution is 0.0970. The van der Waals surface area contributed by atoms with Crippen molar-refractivity contribution in [1.82, 2.24) is 4.98 Å². The number of hydrogen-bond donors (Lipinski definition) is 0. The van der Waals surface area contributed by atoms with Gasteiger partial charge in [-0.3, -0.25) is 14.5 Å². The van der Waals surface area contributed by atoms with Crippen LogP contribution in [0.25, 0.3) is 11.0 Å². The Labute approximate surface area is 189 Å². The van der Waals surface area contributed by atoms with E-state index in [0.29, 0.717) is 23.7 Å². The summed E-state index contributed by atoms with van der Waals surface area (Å²) in [6.45, 7) is 4.45. The summed E-state index contributed by atoms with van der Waals surface area (Å²) in [4.78, 5) is 32.9. The fourth-order valence-corrected chi connectivity index (χ4v) is 4.09. The van der Waals surface area contributed by atoms with Crippen LogP contribution in [0.3, 0.4) is 0 Å². The number of halogens is 1. The molecule has 2 aromatic heterocycles. The quantitative estimate of drug-likeness (QED) is 0.424. The third kappa shape index (κ3) is 3.55. The van der Waals surface area contributed by atoms with Crippen molar-refractivity contribution in [2.45, 2.75) is 26.3 Å². The zero-order chi connectivity index (χ0) is 23.1. The molecule has 0 radical (unpaired) electrons. The van der Waals surface area contributed by atoms with Crippen LogP contribution in [0.4, 0.5) is 10.2 Å². The van der Waals surface area contributed by atoms with Gasteiger partial charge in [-0.1, -0.05) is 25.1 Å². The number of carbonyl (C=O) groups excluding carboxylic acids is 1. The number of ether oxygens (including phenoxy) is 1. The molecule has 1 aliphatic heterocycles. The van der Waals surface area contributed by atoms with Gasteiger partial charge in [-0.2, -0.15) is 0 Å². The highest BCUT2D eigenvalue weighted by Crippen LogP contribution is 2.41. The van der Waals surface area contributed by atoms with Crippen LogP contribution in [0.15, 0.2) is 70.0 Å². The number of benzene rings is 2. The summed E-state index contributed by atoms with van der Waals surface area (Å²) in [7, 11) is 0. The van der Waals surface area contributed by atoms with Crippen molar-refractivity contribution in [1.29, 1.82) is 0 Å². The summed E-state index contributed by atoms with van der Waals surface area (Å²) >= 11 is 0. The van der Waals surface area contributed by atoms with Crippen LogP contribution in [0.1, 0.15) is 46.6 Å². The first-order valence-corrected chi connectivity index (χ1v) is 10.7. The number of amides is 1. The number of rotatable bonds is 5. The van der Waals surface area contributed by atoms with Crippen LogP contribution in [0.5, 0.6) is 5.75 Å². The molecule has 1 unspecified atom stereocenters. The number of aromatic nitrogens is 1. The Hall–Kier alpha value is -4.00. The molecule has 0 saturated heterocycles. The lowest BCUT2D eigenvalue weighted by Crippen LogP contribution is -2.30. The third-order valence-corrected chi connectivity index (χ3v) is 5.62. The van der Waals surface area contributed by atoms with E-state index < -0.39 is 23.2 Å². The zero-order valence-corrected chi connectivity index (χ0v) is 18.2. The SMILES string of the molecule is CCCOc1cccc(C2c3c(oc4ccc(F)cc4c3=O)C(=O)N2c2ccc(C)cn2)c1. The molecule has 33 heavy (non-hydrogen) atoms. The number of fused-ring (bicyclic) bond motifs is 2. The molecule has 5 rings (SSSR count). The molecule has 7 heteroatoms. The highest BCUT2D eigenvalue weighted by molar-refractivity contribution is 6.10. The molecular weight excluding hydrogens is 423 g/mol. The monoisotopic (exact) mass is 444 g/mol. The highest BCUT2D eigenvalue weighted by Gasteiger charge is 2.44. The van der Waals surface area contributed by atoms with Gasteiger partial charge in [-0.25, -0.2) is 9.37 Å². The third-order valence-electron chi connectivity index (χ3n) is 5.62. The van der Waals surface area contributed by atoms with E-state index in [4.69, 9.17) is 9.15 Å². The highest BCUT2D eigenvalue weighted by atomic mass is 19.1. The minimum atomic E-state index is -0.795. The van der Waals surface area contributed by atoms with E-state index >= 15 is 0 Å². The fraction of sp³-hybridized carbons (Fsp3) is 0.192. The Morgan fingerprint density at radius 3 is 2.73 bits per heavy atom. The molecule has 0 fully saturated rings. The van der Waals surface area contributed by atoms with E-state index in [0.717, 1.165) is 18.1 Å². The number of hydrogen-bond acceptors (Lipinski definition) is 5. The summed E-state index contributed by atoms with van der Waals surface area (Å²) < 4.78 is 25.6. The van der Waals surface area contributed by atoms with Crippen LogP contribution in [0, 0.1) is 12.7 Å². The van der Waals surface area contributed by atoms with Crippen LogP contribution in [0.2, 0.25) is 0 Å². The van der Waals surface area contributed by atoms with Gasteiger partial charge in [0.05, 0.1) is 23.6 Å². The van der Waals surface area contributed by atoms with Crippen molar-refractivity contribution in [2.75, 3.05) is 11.5 Å². The second kappa shape index (κ2) is 8.16. The first-order chi connectivity index (χ1) is 16.0. The molecule has 0 bridgehead atoms. The van der Waals surface area contributed by atoms with Gasteiger partial charge in [0.15, 0.2) is 5.43 Å². The number of aryl methyl sites for hydroxylation is 1. The summed E-state index contributed by atoms with van der Waals surface area (Å²) in [6.07, 6.45) is 2.50. The Morgan fingerprint density at radius 1 is 1.12 bits per heavy atom. The molecule has 2 aromatic carbocycles. The lowest BCUT2D eigenvalue weighted by atomic mass is 9.98. The molecule has 0 aliphatic carbocycles. The van der Waals surface area contributed by atoms with Crippen molar-refractivity contribution < 1.29 is 18.3 Å². The van der Waals surface area contributed by atoms with E-state index in [1.807, 2.05) is 38.1 Å². The molecule has 4 aromatic rings. The van der Waals surface area contributed by atoms with Crippen LogP contribution in [-0.4, -0.2) is 17.5 Å². The van der Waals surface area contributed by atoms with Crippen molar-refractivity contribution in [2.24, 2.45) is 0 Å². The molecule has 1 aliphatic rings. The van der Waals surface area contributed by atoms with E-state index in [1.54, 1.807) is 18.3 Å². The molecule has 3 heterocycles. The normalized spacial score (nSPS) is 15.2. The number of anilines is 1. The minimum absolute atomic E-state index is 0.0636. The lowest BCUT2D eigenvalue weighted by Gasteiger charge is -2.24. The van der Waals surface area contributed by atoms with Gasteiger partial charge in [-0.15, -0.1) is 0 Å². The molecule has 1 atom stereocenters. The van der Waals surface area contributed by atoms with Crippen LogP contribution in [-0.2, 0) is 0 Å². The minimum Gasteiger partial charge on any atom is -0.494 e. The smallest absolute Gasteiger partial charge is 0.296 e. The van der Waals surface area contributed by atoms with Crippen molar-refractivity contribution in [3.05, 3.63) is 99.3 Å². The Kier molecular flexibility index (Phi) is 5.17. The summed E-state index contributed by atoms with van der Waals surface area (Å²) in [6, 6.07) is 13.7. The van der Waals surface area contributed by atoms with Crippen LogP contribution >= 0.6 is 0 Å². The van der Waals surface area contributed by atoms with Gasteiger partial charge in [0, 0.05) is 6.20 Å². The standard InChI is InChI=1S/C26H21FN2O4/c1-3-11-32-18-6-4-5-16(12-18)23-22-24(30)19-13-17(27)8-9-20(19)33-25(22)26(31)29(23)21-10-7-15(2)14-28-21/h4-10,12-14,23H,3,11H2,1-2H3. The van der Waals surface area contributed by atoms with Crippen molar-refractivity contribution in [3.8, 4) is 5.75 Å². The molecule has 1 amide bonds. The van der Waals surface area contributed by atoms with E-state index in [2.05, 4.69) is 4.98 Å². The first-order valence-electron chi connectivity index (χ1n) is 10.7. The van der Waals surface area contributed by atoms with Gasteiger partial charge >= 0.3 is 0 Å². The first kappa shape index (κ1) is 20.9. The van der Waals surface area contributed by atoms with Gasteiger partial charge in [0.25, 0.3) is 5.91 Å². The van der Waals surface area contributed by atoms with E-state index in [1.165, 1.54) is 17.0 Å². The average molecular weight is 444 g/mol. The van der Waals surface area contributed by atoms with Crippen LogP contribution < -0.4 is 15.1 Å². The topological polar surface area (TPSA) is 72.6 Å². The summed E-state index contributed by atoms with van der Waals surface area (Å²) in [5, 5.41) is 0.0867. The maximum atomic E-state index is 13.9. The molecule has 0 N–H and O–H groups in total. The predicted octanol–water partition coefficient (Wildman–Crippen LogP) is 5.17. The van der Waals surface area contributed by atoms with Gasteiger partial charge in [0.1, 0.15) is 23.0 Å². The summed E-state index contributed by atoms with van der Waals surface area (Å²) in [5.74, 6) is -0.0802. The number of nitrogens with zero attached hydrogens (tertiary/aromatic N) is 2. The second-order valence-electron chi connectivity index (χ2n) is 8.01. The average Bonchev–Trinajstić information content (AvgIpc) is 3.11. The van der Waals surface area contributed by atoms with E-state index in [-0.39, 0.29) is 22.3 Å². The van der Waals surface area contributed by atoms with Gasteiger partial charge < -0.3 is 9.15 Å². The maximum Gasteiger partial charge on any atom is 0.296 e. The Morgan fingerprint density at radius 2 is 1.97 bits per heavy atom. The maximum absolute atomic E-state index is 13.9. The largest absolute Gasteiger partial charge is 0.494 e. The molecule has 0 spiro atoms. The van der Waals surface area contributed by atoms with Gasteiger partial charge in [0.2, 0.25) is 5.76 Å². The van der Waals surface area contributed by atoms with Gasteiger partial charge in [-0.05, 0) is 60.9 Å². The van der Waals surface area contributed by atoms with E-state index in [9.17, 15) is 14.0 Å².